The molecule has 1 N–H and O–H groups in total. The molecule has 4 aromatic rings. The number of rotatable bonds is 7. The number of hydrogen-bond donors (Lipinski definition) is 1. The molecule has 0 fully saturated rings. The molecule has 1 atom stereocenters. The van der Waals surface area contributed by atoms with E-state index in [0.29, 0.717) is 17.8 Å². The van der Waals surface area contributed by atoms with E-state index in [0.717, 1.165) is 16.8 Å². The highest BCUT2D eigenvalue weighted by Gasteiger charge is 2.23. The number of carbonyl (C=O) groups excluding carboxylic acids is 2. The molecule has 4 rings (SSSR count). The summed E-state index contributed by atoms with van der Waals surface area (Å²) in [5.74, 6) is -0.197. The van der Waals surface area contributed by atoms with Crippen molar-refractivity contribution < 1.29 is 9.59 Å². The first kappa shape index (κ1) is 22.0. The van der Waals surface area contributed by atoms with Crippen molar-refractivity contribution in [2.45, 2.75) is 26.4 Å². The molecule has 0 radical (unpaired) electrons. The number of hydrogen-bond acceptors (Lipinski definition) is 3. The van der Waals surface area contributed by atoms with Gasteiger partial charge in [-0.25, -0.2) is 4.68 Å². The minimum absolute atomic E-state index is 0.0664. The molecule has 33 heavy (non-hydrogen) atoms. The van der Waals surface area contributed by atoms with Gasteiger partial charge in [-0.05, 0) is 60.5 Å². The van der Waals surface area contributed by atoms with Gasteiger partial charge in [-0.1, -0.05) is 42.5 Å². The number of aromatic nitrogens is 2. The van der Waals surface area contributed by atoms with Crippen molar-refractivity contribution in [3.05, 3.63) is 114 Å². The van der Waals surface area contributed by atoms with Crippen molar-refractivity contribution in [1.29, 1.82) is 0 Å². The predicted molar refractivity (Wildman–Crippen MR) is 129 cm³/mol. The number of anilines is 1. The van der Waals surface area contributed by atoms with E-state index in [-0.39, 0.29) is 17.9 Å². The van der Waals surface area contributed by atoms with E-state index in [1.165, 1.54) is 6.92 Å². The minimum Gasteiger partial charge on any atom is -0.328 e. The topological polar surface area (TPSA) is 67.2 Å². The van der Waals surface area contributed by atoms with E-state index in [2.05, 4.69) is 10.4 Å². The third-order valence-electron chi connectivity index (χ3n) is 5.50. The van der Waals surface area contributed by atoms with Crippen LogP contribution in [-0.4, -0.2) is 26.5 Å². The second-order valence-corrected chi connectivity index (χ2v) is 7.90. The van der Waals surface area contributed by atoms with Crippen molar-refractivity contribution in [1.82, 2.24) is 14.7 Å². The lowest BCUT2D eigenvalue weighted by molar-refractivity contribution is -0.114. The fraction of sp³-hybridized carbons (Fsp3) is 0.148. The second kappa shape index (κ2) is 9.96. The fourth-order valence-electron chi connectivity index (χ4n) is 3.77. The zero-order valence-corrected chi connectivity index (χ0v) is 18.7. The Bertz CT molecular complexity index is 1220. The van der Waals surface area contributed by atoms with Crippen LogP contribution in [0.15, 0.2) is 97.3 Å². The Kier molecular flexibility index (Phi) is 6.64. The van der Waals surface area contributed by atoms with Crippen LogP contribution >= 0.6 is 0 Å². The Hall–Kier alpha value is -4.19. The summed E-state index contributed by atoms with van der Waals surface area (Å²) in [6.07, 6.45) is 3.58. The highest BCUT2D eigenvalue weighted by molar-refractivity contribution is 5.94. The van der Waals surface area contributed by atoms with E-state index in [9.17, 15) is 9.59 Å². The van der Waals surface area contributed by atoms with Crippen LogP contribution < -0.4 is 5.32 Å². The van der Waals surface area contributed by atoms with Crippen LogP contribution in [0.5, 0.6) is 0 Å². The van der Waals surface area contributed by atoms with E-state index in [1.54, 1.807) is 10.9 Å². The van der Waals surface area contributed by atoms with Crippen LogP contribution in [0.1, 0.15) is 41.4 Å². The highest BCUT2D eigenvalue weighted by Crippen LogP contribution is 2.27. The van der Waals surface area contributed by atoms with Gasteiger partial charge in [0.25, 0.3) is 5.91 Å². The maximum Gasteiger partial charge on any atom is 0.254 e. The predicted octanol–water partition coefficient (Wildman–Crippen LogP) is 5.23. The Morgan fingerprint density at radius 3 is 2.39 bits per heavy atom. The maximum absolute atomic E-state index is 13.7. The monoisotopic (exact) mass is 438 g/mol. The number of nitrogens with zero attached hydrogens (tertiary/aromatic N) is 3. The van der Waals surface area contributed by atoms with Crippen molar-refractivity contribution in [2.75, 3.05) is 5.32 Å². The van der Waals surface area contributed by atoms with Crippen LogP contribution in [0.25, 0.3) is 5.69 Å². The summed E-state index contributed by atoms with van der Waals surface area (Å²) < 4.78 is 1.76. The molecule has 6 heteroatoms. The molecular formula is C27H26N4O2. The van der Waals surface area contributed by atoms with Gasteiger partial charge in [0.15, 0.2) is 0 Å². The molecule has 166 valence electrons. The molecule has 0 bridgehead atoms. The molecule has 6 nitrogen and oxygen atoms in total. The fourth-order valence-corrected chi connectivity index (χ4v) is 3.77. The first-order valence-corrected chi connectivity index (χ1v) is 10.8. The first-order valence-electron chi connectivity index (χ1n) is 10.8. The summed E-state index contributed by atoms with van der Waals surface area (Å²) in [7, 11) is 0. The lowest BCUT2D eigenvalue weighted by atomic mass is 10.0. The largest absolute Gasteiger partial charge is 0.328 e. The SMILES string of the molecule is CC(=O)Nc1cccc(C(C)N(Cc2ccccc2)C(=O)c2ccc(-n3cccn3)cc2)c1. The Morgan fingerprint density at radius 1 is 0.970 bits per heavy atom. The van der Waals surface area contributed by atoms with Crippen LogP contribution in [0.3, 0.4) is 0 Å². The van der Waals surface area contributed by atoms with Crippen LogP contribution in [0.4, 0.5) is 5.69 Å². The smallest absolute Gasteiger partial charge is 0.254 e. The Balaban J connectivity index is 1.64. The van der Waals surface area contributed by atoms with Gasteiger partial charge in [-0.2, -0.15) is 5.10 Å². The van der Waals surface area contributed by atoms with Gasteiger partial charge < -0.3 is 10.2 Å². The van der Waals surface area contributed by atoms with E-state index < -0.39 is 0 Å². The molecule has 0 aliphatic carbocycles. The van der Waals surface area contributed by atoms with Crippen LogP contribution in [-0.2, 0) is 11.3 Å². The van der Waals surface area contributed by atoms with Gasteiger partial charge in [0.05, 0.1) is 11.7 Å². The number of benzene rings is 3. The lowest BCUT2D eigenvalue weighted by Crippen LogP contribution is -2.33. The van der Waals surface area contributed by atoms with E-state index in [1.807, 2.05) is 103 Å². The van der Waals surface area contributed by atoms with E-state index in [4.69, 9.17) is 0 Å². The van der Waals surface area contributed by atoms with Crippen molar-refractivity contribution >= 4 is 17.5 Å². The minimum atomic E-state index is -0.211. The molecule has 0 saturated carbocycles. The van der Waals surface area contributed by atoms with Crippen LogP contribution in [0, 0.1) is 0 Å². The normalized spacial score (nSPS) is 11.6. The van der Waals surface area contributed by atoms with Gasteiger partial charge in [0.2, 0.25) is 5.91 Å². The number of amides is 2. The molecular weight excluding hydrogens is 412 g/mol. The van der Waals surface area contributed by atoms with Gasteiger partial charge >= 0.3 is 0 Å². The van der Waals surface area contributed by atoms with Crippen molar-refractivity contribution in [3.63, 3.8) is 0 Å². The zero-order valence-electron chi connectivity index (χ0n) is 18.7. The summed E-state index contributed by atoms with van der Waals surface area (Å²) in [5, 5.41) is 7.06. The average molecular weight is 439 g/mol. The third kappa shape index (κ3) is 5.36. The van der Waals surface area contributed by atoms with Gasteiger partial charge in [-0.15, -0.1) is 0 Å². The van der Waals surface area contributed by atoms with Crippen molar-refractivity contribution in [2.24, 2.45) is 0 Å². The number of nitrogens with one attached hydrogen (secondary N) is 1. The van der Waals surface area contributed by atoms with Gasteiger partial charge in [-0.3, -0.25) is 9.59 Å². The molecule has 0 aliphatic rings. The third-order valence-corrected chi connectivity index (χ3v) is 5.50. The second-order valence-electron chi connectivity index (χ2n) is 7.90. The average Bonchev–Trinajstić information content (AvgIpc) is 3.37. The molecule has 1 heterocycles. The summed E-state index contributed by atoms with van der Waals surface area (Å²) >= 11 is 0. The van der Waals surface area contributed by atoms with Gasteiger partial charge in [0.1, 0.15) is 0 Å². The lowest BCUT2D eigenvalue weighted by Gasteiger charge is -2.30. The van der Waals surface area contributed by atoms with E-state index >= 15 is 0 Å². The summed E-state index contributed by atoms with van der Waals surface area (Å²) in [4.78, 5) is 27.0. The number of carbonyl (C=O) groups is 2. The summed E-state index contributed by atoms with van der Waals surface area (Å²) in [5.41, 5.74) is 4.19. The summed E-state index contributed by atoms with van der Waals surface area (Å²) in [6, 6.07) is 26.7. The quantitative estimate of drug-likeness (QED) is 0.429. The first-order chi connectivity index (χ1) is 16.0. The maximum atomic E-state index is 13.7. The summed E-state index contributed by atoms with van der Waals surface area (Å²) in [6.45, 7) is 3.95. The van der Waals surface area contributed by atoms with Gasteiger partial charge in [0, 0.05) is 37.1 Å². The Labute approximate surface area is 193 Å². The molecule has 1 aromatic heterocycles. The molecule has 0 spiro atoms. The van der Waals surface area contributed by atoms with Crippen LogP contribution in [0.2, 0.25) is 0 Å². The molecule has 0 saturated heterocycles. The molecule has 0 aliphatic heterocycles. The Morgan fingerprint density at radius 2 is 1.73 bits per heavy atom. The zero-order chi connectivity index (χ0) is 23.2. The van der Waals surface area contributed by atoms with Crippen molar-refractivity contribution in [3.8, 4) is 5.69 Å². The standard InChI is InChI=1S/C27H26N4O2/c1-20(24-10-6-11-25(18-24)29-21(2)32)30(19-22-8-4-3-5-9-22)27(33)23-12-14-26(15-13-23)31-17-7-16-28-31/h3-18,20H,19H2,1-2H3,(H,29,32). The molecule has 3 aromatic carbocycles. The molecule has 2 amide bonds. The molecule has 1 unspecified atom stereocenters. The highest BCUT2D eigenvalue weighted by atomic mass is 16.2.